The van der Waals surface area contributed by atoms with Crippen molar-refractivity contribution in [1.82, 2.24) is 9.62 Å². The number of sulfonamides is 1. The molecule has 32 heavy (non-hydrogen) atoms. The molecule has 7 nitrogen and oxygen atoms in total. The lowest BCUT2D eigenvalue weighted by molar-refractivity contribution is -0.117. The predicted molar refractivity (Wildman–Crippen MR) is 124 cm³/mol. The molecule has 2 aromatic rings. The van der Waals surface area contributed by atoms with Gasteiger partial charge in [0, 0.05) is 25.2 Å². The first-order chi connectivity index (χ1) is 15.4. The minimum absolute atomic E-state index is 0.0642. The zero-order valence-corrected chi connectivity index (χ0v) is 19.0. The monoisotopic (exact) mass is 460 g/mol. The molecule has 1 aliphatic heterocycles. The highest BCUT2D eigenvalue weighted by Gasteiger charge is 2.18. The van der Waals surface area contributed by atoms with E-state index in [4.69, 9.17) is 0 Å². The number of amidine groups is 1. The molecule has 2 N–H and O–H groups in total. The van der Waals surface area contributed by atoms with Gasteiger partial charge in [-0.3, -0.25) is 19.4 Å². The Hall–Kier alpha value is -2.78. The van der Waals surface area contributed by atoms with E-state index in [2.05, 4.69) is 15.0 Å². The lowest BCUT2D eigenvalue weighted by Gasteiger charge is -2.20. The number of carbonyl (C=O) groups is 1. The van der Waals surface area contributed by atoms with E-state index in [0.29, 0.717) is 37.6 Å². The molecule has 0 aromatic heterocycles. The molecule has 0 saturated heterocycles. The van der Waals surface area contributed by atoms with Gasteiger partial charge in [0.2, 0.25) is 5.91 Å². The zero-order valence-electron chi connectivity index (χ0n) is 18.2. The molecule has 0 atom stereocenters. The van der Waals surface area contributed by atoms with Crippen molar-refractivity contribution in [3.8, 4) is 0 Å². The van der Waals surface area contributed by atoms with E-state index >= 15 is 0 Å². The van der Waals surface area contributed by atoms with Gasteiger partial charge in [0.05, 0.1) is 11.4 Å². The molecule has 0 fully saturated rings. The molecular formula is C23H29FN4O3S. The fourth-order valence-electron chi connectivity index (χ4n) is 3.49. The van der Waals surface area contributed by atoms with Crippen molar-refractivity contribution in [3.63, 3.8) is 0 Å². The number of amides is 1. The molecule has 1 amide bonds. The van der Waals surface area contributed by atoms with Crippen LogP contribution in [-0.4, -0.2) is 44.7 Å². The molecule has 0 radical (unpaired) electrons. The van der Waals surface area contributed by atoms with Crippen LogP contribution in [0, 0.1) is 5.82 Å². The lowest BCUT2D eigenvalue weighted by atomic mass is 10.2. The summed E-state index contributed by atoms with van der Waals surface area (Å²) < 4.78 is 41.5. The smallest absolute Gasteiger partial charge is 0.262 e. The van der Waals surface area contributed by atoms with E-state index in [0.717, 1.165) is 24.8 Å². The topological polar surface area (TPSA) is 90.9 Å². The number of halogens is 1. The van der Waals surface area contributed by atoms with Crippen molar-refractivity contribution < 1.29 is 17.6 Å². The first-order valence-corrected chi connectivity index (χ1v) is 12.3. The van der Waals surface area contributed by atoms with Gasteiger partial charge in [-0.15, -0.1) is 0 Å². The number of hydrogen-bond acceptors (Lipinski definition) is 5. The summed E-state index contributed by atoms with van der Waals surface area (Å²) in [6, 6.07) is 12.4. The first kappa shape index (κ1) is 23.9. The van der Waals surface area contributed by atoms with Crippen LogP contribution in [-0.2, 0) is 21.4 Å². The minimum Gasteiger partial charge on any atom is -0.325 e. The highest BCUT2D eigenvalue weighted by atomic mass is 32.2. The molecule has 1 heterocycles. The standard InChI is InChI=1S/C23H29FN4O3S/c1-2-28(16-18-8-6-9-19(24)14-18)17-23(29)26-20-10-7-11-21(15-20)32(30,31)27-22-12-4-3-5-13-25-22/h6-11,14-15H,2-5,12-13,16-17H2,1H3,(H,25,27)(H,26,29). The van der Waals surface area contributed by atoms with Crippen LogP contribution < -0.4 is 10.0 Å². The molecule has 9 heteroatoms. The van der Waals surface area contributed by atoms with E-state index in [9.17, 15) is 17.6 Å². The van der Waals surface area contributed by atoms with E-state index in [-0.39, 0.29) is 23.2 Å². The molecule has 0 bridgehead atoms. The van der Waals surface area contributed by atoms with Gasteiger partial charge in [-0.1, -0.05) is 31.5 Å². The zero-order chi connectivity index (χ0) is 23.0. The summed E-state index contributed by atoms with van der Waals surface area (Å²) in [6.07, 6.45) is 3.50. The van der Waals surface area contributed by atoms with Crippen LogP contribution >= 0.6 is 0 Å². The van der Waals surface area contributed by atoms with Crippen molar-refractivity contribution in [3.05, 3.63) is 59.9 Å². The highest BCUT2D eigenvalue weighted by molar-refractivity contribution is 7.90. The Morgan fingerprint density at radius 2 is 1.94 bits per heavy atom. The number of hydrogen-bond donors (Lipinski definition) is 2. The van der Waals surface area contributed by atoms with Crippen LogP contribution in [0.3, 0.4) is 0 Å². The molecule has 2 aromatic carbocycles. The summed E-state index contributed by atoms with van der Waals surface area (Å²) in [5.41, 5.74) is 1.17. The second kappa shape index (κ2) is 11.2. The van der Waals surface area contributed by atoms with Crippen LogP contribution in [0.5, 0.6) is 0 Å². The number of carbonyl (C=O) groups excluding carboxylic acids is 1. The van der Waals surface area contributed by atoms with Gasteiger partial charge in [0.25, 0.3) is 10.0 Å². The quantitative estimate of drug-likeness (QED) is 0.631. The summed E-state index contributed by atoms with van der Waals surface area (Å²) in [5.74, 6) is -0.115. The number of nitrogens with zero attached hydrogens (tertiary/aromatic N) is 2. The van der Waals surface area contributed by atoms with Crippen LogP contribution in [0.4, 0.5) is 10.1 Å². The van der Waals surface area contributed by atoms with Gasteiger partial charge < -0.3 is 5.32 Å². The summed E-state index contributed by atoms with van der Waals surface area (Å²) in [7, 11) is -3.78. The third-order valence-corrected chi connectivity index (χ3v) is 6.54. The third-order valence-electron chi connectivity index (χ3n) is 5.16. The molecule has 0 saturated carbocycles. The van der Waals surface area contributed by atoms with Crippen molar-refractivity contribution in [2.24, 2.45) is 4.99 Å². The Bertz CT molecular complexity index is 1070. The summed E-state index contributed by atoms with van der Waals surface area (Å²) in [5, 5.41) is 2.75. The number of nitrogens with one attached hydrogen (secondary N) is 2. The minimum atomic E-state index is -3.78. The van der Waals surface area contributed by atoms with Crippen LogP contribution in [0.15, 0.2) is 58.4 Å². The number of aliphatic imine (C=N–C) groups is 1. The molecule has 3 rings (SSSR count). The maximum Gasteiger partial charge on any atom is 0.262 e. The highest BCUT2D eigenvalue weighted by Crippen LogP contribution is 2.17. The average Bonchev–Trinajstić information content (AvgIpc) is 3.01. The largest absolute Gasteiger partial charge is 0.325 e. The van der Waals surface area contributed by atoms with E-state index in [1.165, 1.54) is 24.3 Å². The summed E-state index contributed by atoms with van der Waals surface area (Å²) >= 11 is 0. The second-order valence-corrected chi connectivity index (χ2v) is 9.44. The van der Waals surface area contributed by atoms with Crippen LogP contribution in [0.2, 0.25) is 0 Å². The number of likely N-dealkylation sites (N-methyl/N-ethyl adjacent to an activating group) is 1. The third kappa shape index (κ3) is 7.13. The Morgan fingerprint density at radius 3 is 2.72 bits per heavy atom. The van der Waals surface area contributed by atoms with Crippen molar-refractivity contribution in [2.75, 3.05) is 25.0 Å². The number of benzene rings is 2. The van der Waals surface area contributed by atoms with Gasteiger partial charge in [0.1, 0.15) is 11.7 Å². The fourth-order valence-corrected chi connectivity index (χ4v) is 4.62. The Morgan fingerprint density at radius 1 is 1.12 bits per heavy atom. The van der Waals surface area contributed by atoms with E-state index in [1.54, 1.807) is 18.2 Å². The Kier molecular flexibility index (Phi) is 8.35. The predicted octanol–water partition coefficient (Wildman–Crippen LogP) is 3.54. The molecule has 1 aliphatic rings. The molecule has 0 unspecified atom stereocenters. The molecular weight excluding hydrogens is 431 g/mol. The van der Waals surface area contributed by atoms with Gasteiger partial charge in [-0.2, -0.15) is 0 Å². The SMILES string of the molecule is CCN(CC(=O)Nc1cccc(S(=O)(=O)NC2=NCCCCC2)c1)Cc1cccc(F)c1. The van der Waals surface area contributed by atoms with Crippen molar-refractivity contribution in [2.45, 2.75) is 44.0 Å². The summed E-state index contributed by atoms with van der Waals surface area (Å²) in [6.45, 7) is 3.67. The summed E-state index contributed by atoms with van der Waals surface area (Å²) in [4.78, 5) is 18.8. The number of anilines is 1. The van der Waals surface area contributed by atoms with Crippen LogP contribution in [0.1, 0.15) is 38.2 Å². The number of rotatable bonds is 8. The fraction of sp³-hybridized carbons (Fsp3) is 0.391. The molecule has 0 spiro atoms. The average molecular weight is 461 g/mol. The Balaban J connectivity index is 1.62. The van der Waals surface area contributed by atoms with E-state index in [1.807, 2.05) is 17.9 Å². The van der Waals surface area contributed by atoms with Crippen molar-refractivity contribution in [1.29, 1.82) is 0 Å². The van der Waals surface area contributed by atoms with Crippen molar-refractivity contribution >= 4 is 27.5 Å². The van der Waals surface area contributed by atoms with Gasteiger partial charge >= 0.3 is 0 Å². The van der Waals surface area contributed by atoms with E-state index < -0.39 is 10.0 Å². The first-order valence-electron chi connectivity index (χ1n) is 10.8. The molecule has 0 aliphatic carbocycles. The van der Waals surface area contributed by atoms with Gasteiger partial charge in [-0.25, -0.2) is 12.8 Å². The maximum atomic E-state index is 13.4. The Labute approximate surface area is 188 Å². The van der Waals surface area contributed by atoms with Crippen LogP contribution in [0.25, 0.3) is 0 Å². The van der Waals surface area contributed by atoms with Gasteiger partial charge in [0.15, 0.2) is 0 Å². The normalized spacial score (nSPS) is 14.5. The lowest BCUT2D eigenvalue weighted by Crippen LogP contribution is -2.33. The maximum absolute atomic E-state index is 13.4. The van der Waals surface area contributed by atoms with Gasteiger partial charge in [-0.05, 0) is 55.3 Å². The second-order valence-electron chi connectivity index (χ2n) is 7.75. The molecule has 172 valence electrons.